The molecule has 0 saturated heterocycles. The van der Waals surface area contributed by atoms with E-state index >= 15 is 0 Å². The quantitative estimate of drug-likeness (QED) is 0.828. The maximum atomic E-state index is 12.4. The number of nitrogens with zero attached hydrogens (tertiary/aromatic N) is 2. The molecule has 1 heterocycles. The first-order chi connectivity index (χ1) is 8.75. The Morgan fingerprint density at radius 1 is 1.37 bits per heavy atom. The summed E-state index contributed by atoms with van der Waals surface area (Å²) in [6.07, 6.45) is -9.84. The van der Waals surface area contributed by atoms with Gasteiger partial charge in [-0.1, -0.05) is 0 Å². The van der Waals surface area contributed by atoms with Crippen molar-refractivity contribution in [2.24, 2.45) is 0 Å². The fourth-order valence-corrected chi connectivity index (χ4v) is 1.13. The van der Waals surface area contributed by atoms with Gasteiger partial charge in [0, 0.05) is 6.54 Å². The molecule has 2 N–H and O–H groups in total. The maximum Gasteiger partial charge on any atom is 0.433 e. The summed E-state index contributed by atoms with van der Waals surface area (Å²) in [6, 6.07) is 3.04. The van der Waals surface area contributed by atoms with Crippen molar-refractivity contribution in [1.82, 2.24) is 4.98 Å². The number of aliphatic hydroxyl groups excluding tert-OH is 1. The highest BCUT2D eigenvalue weighted by molar-refractivity contribution is 5.52. The molecule has 0 aromatic carbocycles. The number of halogens is 5. The Labute approximate surface area is 104 Å². The van der Waals surface area contributed by atoms with Gasteiger partial charge in [-0.05, 0) is 12.1 Å². The van der Waals surface area contributed by atoms with Crippen LogP contribution in [0.4, 0.5) is 27.8 Å². The predicted molar refractivity (Wildman–Crippen MR) is 54.5 cm³/mol. The number of nitrogens with one attached hydrogen (secondary N) is 1. The zero-order valence-electron chi connectivity index (χ0n) is 9.25. The van der Waals surface area contributed by atoms with Gasteiger partial charge in [0.25, 0.3) is 6.43 Å². The molecule has 0 saturated carbocycles. The van der Waals surface area contributed by atoms with E-state index in [1.54, 1.807) is 6.07 Å². The minimum atomic E-state index is -4.72. The highest BCUT2D eigenvalue weighted by Gasteiger charge is 2.33. The molecule has 0 radical (unpaired) electrons. The second kappa shape index (κ2) is 5.79. The number of nitriles is 1. The third-order valence-corrected chi connectivity index (χ3v) is 2.08. The van der Waals surface area contributed by atoms with E-state index in [4.69, 9.17) is 10.4 Å². The lowest BCUT2D eigenvalue weighted by atomic mass is 10.2. The summed E-state index contributed by atoms with van der Waals surface area (Å²) in [6.45, 7) is -0.722. The van der Waals surface area contributed by atoms with Gasteiger partial charge in [-0.25, -0.2) is 13.8 Å². The first-order valence-electron chi connectivity index (χ1n) is 4.94. The van der Waals surface area contributed by atoms with Gasteiger partial charge in [-0.2, -0.15) is 18.4 Å². The lowest BCUT2D eigenvalue weighted by molar-refractivity contribution is -0.141. The third kappa shape index (κ3) is 4.03. The Bertz CT molecular complexity index is 483. The van der Waals surface area contributed by atoms with Crippen molar-refractivity contribution in [3.05, 3.63) is 23.4 Å². The largest absolute Gasteiger partial charge is 0.433 e. The summed E-state index contributed by atoms with van der Waals surface area (Å²) in [5.41, 5.74) is -1.50. The topological polar surface area (TPSA) is 68.9 Å². The van der Waals surface area contributed by atoms with Gasteiger partial charge >= 0.3 is 6.18 Å². The van der Waals surface area contributed by atoms with Crippen LogP contribution >= 0.6 is 0 Å². The Morgan fingerprint density at radius 2 is 2.00 bits per heavy atom. The average Bonchev–Trinajstić information content (AvgIpc) is 2.34. The highest BCUT2D eigenvalue weighted by atomic mass is 19.4. The van der Waals surface area contributed by atoms with Crippen molar-refractivity contribution in [3.63, 3.8) is 0 Å². The van der Waals surface area contributed by atoms with Crippen LogP contribution in [0.15, 0.2) is 12.1 Å². The third-order valence-electron chi connectivity index (χ3n) is 2.08. The van der Waals surface area contributed by atoms with E-state index in [0.29, 0.717) is 6.07 Å². The molecule has 1 aromatic heterocycles. The molecule has 0 spiro atoms. The van der Waals surface area contributed by atoms with Gasteiger partial charge in [0.15, 0.2) is 0 Å². The van der Waals surface area contributed by atoms with Crippen LogP contribution < -0.4 is 5.32 Å². The van der Waals surface area contributed by atoms with E-state index < -0.39 is 36.8 Å². The second-order valence-corrected chi connectivity index (χ2v) is 3.48. The van der Waals surface area contributed by atoms with Crippen molar-refractivity contribution in [3.8, 4) is 6.07 Å². The van der Waals surface area contributed by atoms with Gasteiger partial charge in [-0.3, -0.25) is 0 Å². The van der Waals surface area contributed by atoms with E-state index in [9.17, 15) is 22.0 Å². The van der Waals surface area contributed by atoms with E-state index in [-0.39, 0.29) is 5.56 Å². The molecule has 1 atom stereocenters. The van der Waals surface area contributed by atoms with Crippen LogP contribution in [0, 0.1) is 11.3 Å². The molecule has 0 aliphatic carbocycles. The Hall–Kier alpha value is -1.95. The normalized spacial score (nSPS) is 13.2. The molecule has 9 heteroatoms. The number of pyridine rings is 1. The van der Waals surface area contributed by atoms with Crippen molar-refractivity contribution in [2.75, 3.05) is 11.9 Å². The van der Waals surface area contributed by atoms with E-state index in [1.807, 2.05) is 0 Å². The first-order valence-corrected chi connectivity index (χ1v) is 4.94. The van der Waals surface area contributed by atoms with Crippen molar-refractivity contribution in [2.45, 2.75) is 18.7 Å². The molecule has 4 nitrogen and oxygen atoms in total. The molecule has 0 aliphatic rings. The first kappa shape index (κ1) is 15.1. The molecule has 104 valence electrons. The predicted octanol–water partition coefficient (Wildman–Crippen LogP) is 2.01. The minimum absolute atomic E-state index is 0.241. The van der Waals surface area contributed by atoms with Crippen LogP contribution in [0.2, 0.25) is 0 Å². The van der Waals surface area contributed by atoms with E-state index in [1.165, 1.54) is 0 Å². The van der Waals surface area contributed by atoms with Crippen LogP contribution in [0.5, 0.6) is 0 Å². The molecular weight excluding hydrogens is 273 g/mol. The molecular formula is C10H8F5N3O. The molecule has 1 aromatic rings. The molecule has 1 unspecified atom stereocenters. The summed E-state index contributed by atoms with van der Waals surface area (Å²) in [5.74, 6) is -0.503. The molecule has 19 heavy (non-hydrogen) atoms. The average molecular weight is 281 g/mol. The van der Waals surface area contributed by atoms with Crippen molar-refractivity contribution >= 4 is 5.82 Å². The maximum absolute atomic E-state index is 12.4. The lowest BCUT2D eigenvalue weighted by Crippen LogP contribution is -2.27. The van der Waals surface area contributed by atoms with Gasteiger partial charge in [0.2, 0.25) is 0 Å². The summed E-state index contributed by atoms with van der Waals surface area (Å²) < 4.78 is 61.2. The van der Waals surface area contributed by atoms with Gasteiger partial charge in [-0.15, -0.1) is 0 Å². The van der Waals surface area contributed by atoms with Gasteiger partial charge < -0.3 is 10.4 Å². The van der Waals surface area contributed by atoms with Gasteiger partial charge in [0.05, 0.1) is 5.56 Å². The molecule has 0 aliphatic heterocycles. The monoisotopic (exact) mass is 281 g/mol. The van der Waals surface area contributed by atoms with Gasteiger partial charge in [0.1, 0.15) is 23.7 Å². The van der Waals surface area contributed by atoms with Crippen LogP contribution in [0.1, 0.15) is 11.3 Å². The smallest absolute Gasteiger partial charge is 0.385 e. The van der Waals surface area contributed by atoms with Crippen LogP contribution in [0.25, 0.3) is 0 Å². The van der Waals surface area contributed by atoms with E-state index in [2.05, 4.69) is 10.3 Å². The summed E-state index contributed by atoms with van der Waals surface area (Å²) >= 11 is 0. The van der Waals surface area contributed by atoms with Crippen LogP contribution in [-0.4, -0.2) is 29.2 Å². The standard InChI is InChI=1S/C10H8F5N3O/c11-8(12)6(19)4-17-9-5(3-16)1-2-7(18-9)10(13,14)15/h1-2,6,8,19H,4H2,(H,17,18). The SMILES string of the molecule is N#Cc1ccc(C(F)(F)F)nc1NCC(O)C(F)F. The number of hydrogen-bond acceptors (Lipinski definition) is 4. The van der Waals surface area contributed by atoms with Crippen molar-refractivity contribution in [1.29, 1.82) is 5.26 Å². The zero-order valence-corrected chi connectivity index (χ0v) is 9.25. The number of aromatic nitrogens is 1. The fourth-order valence-electron chi connectivity index (χ4n) is 1.13. The summed E-state index contributed by atoms with van der Waals surface area (Å²) in [4.78, 5) is 3.13. The Morgan fingerprint density at radius 3 is 2.47 bits per heavy atom. The summed E-state index contributed by atoms with van der Waals surface area (Å²) in [7, 11) is 0. The Kier molecular flexibility index (Phi) is 4.61. The second-order valence-electron chi connectivity index (χ2n) is 3.48. The van der Waals surface area contributed by atoms with Crippen LogP contribution in [0.3, 0.4) is 0 Å². The van der Waals surface area contributed by atoms with Crippen LogP contribution in [-0.2, 0) is 6.18 Å². The number of hydrogen-bond donors (Lipinski definition) is 2. The Balaban J connectivity index is 2.95. The molecule has 0 bridgehead atoms. The number of rotatable bonds is 4. The highest BCUT2D eigenvalue weighted by Crippen LogP contribution is 2.29. The summed E-state index contributed by atoms with van der Waals surface area (Å²) in [5, 5.41) is 19.6. The number of aliphatic hydroxyl groups is 1. The molecule has 0 amide bonds. The minimum Gasteiger partial charge on any atom is -0.385 e. The number of alkyl halides is 5. The van der Waals surface area contributed by atoms with E-state index in [0.717, 1.165) is 6.07 Å². The number of anilines is 1. The molecule has 1 rings (SSSR count). The lowest BCUT2D eigenvalue weighted by Gasteiger charge is -2.13. The fraction of sp³-hybridized carbons (Fsp3) is 0.400. The zero-order chi connectivity index (χ0) is 14.6. The molecule has 0 fully saturated rings. The van der Waals surface area contributed by atoms with Crippen molar-refractivity contribution < 1.29 is 27.1 Å².